The van der Waals surface area contributed by atoms with Gasteiger partial charge < -0.3 is 5.32 Å². The fraction of sp³-hybridized carbons (Fsp3) is 0.150. The second-order valence-electron chi connectivity index (χ2n) is 6.41. The first kappa shape index (κ1) is 19.1. The molecule has 1 aromatic heterocycles. The molecule has 5 nitrogen and oxygen atoms in total. The van der Waals surface area contributed by atoms with Crippen LogP contribution < -0.4 is 5.32 Å². The van der Waals surface area contributed by atoms with Gasteiger partial charge >= 0.3 is 6.18 Å². The minimum atomic E-state index is -4.42. The molecule has 9 heteroatoms. The zero-order valence-corrected chi connectivity index (χ0v) is 15.7. The average molecular weight is 417 g/mol. The third-order valence-corrected chi connectivity index (χ3v) is 5.27. The lowest BCUT2D eigenvalue weighted by Crippen LogP contribution is -2.31. The van der Waals surface area contributed by atoms with Gasteiger partial charge in [-0.25, -0.2) is 4.98 Å². The maximum absolute atomic E-state index is 12.8. The SMILES string of the molecule is O=C1c2ccccc2C(=O)N1CCc1csc(Nc2cccc(C(F)(F)F)c2)n1. The molecule has 2 amide bonds. The molecule has 0 saturated heterocycles. The van der Waals surface area contributed by atoms with E-state index in [0.29, 0.717) is 28.4 Å². The van der Waals surface area contributed by atoms with E-state index in [1.165, 1.54) is 28.4 Å². The molecule has 1 N–H and O–H groups in total. The molecular weight excluding hydrogens is 403 g/mol. The van der Waals surface area contributed by atoms with Crippen LogP contribution in [0.5, 0.6) is 0 Å². The smallest absolute Gasteiger partial charge is 0.332 e. The predicted molar refractivity (Wildman–Crippen MR) is 102 cm³/mol. The number of nitrogens with one attached hydrogen (secondary N) is 1. The first-order valence-electron chi connectivity index (χ1n) is 8.67. The molecule has 1 aliphatic rings. The number of anilines is 2. The highest BCUT2D eigenvalue weighted by atomic mass is 32.1. The van der Waals surface area contributed by atoms with Crippen molar-refractivity contribution in [3.8, 4) is 0 Å². The topological polar surface area (TPSA) is 62.3 Å². The van der Waals surface area contributed by atoms with E-state index in [2.05, 4.69) is 10.3 Å². The van der Waals surface area contributed by atoms with Crippen LogP contribution in [-0.4, -0.2) is 28.2 Å². The molecule has 2 heterocycles. The highest BCUT2D eigenvalue weighted by molar-refractivity contribution is 7.13. The van der Waals surface area contributed by atoms with Gasteiger partial charge in [0.05, 0.1) is 22.4 Å². The zero-order chi connectivity index (χ0) is 20.6. The van der Waals surface area contributed by atoms with E-state index in [0.717, 1.165) is 12.1 Å². The number of fused-ring (bicyclic) bond motifs is 1. The van der Waals surface area contributed by atoms with Crippen molar-refractivity contribution in [1.29, 1.82) is 0 Å². The van der Waals surface area contributed by atoms with Gasteiger partial charge in [0.1, 0.15) is 0 Å². The zero-order valence-electron chi connectivity index (χ0n) is 14.9. The summed E-state index contributed by atoms with van der Waals surface area (Å²) in [5.41, 5.74) is 0.956. The minimum absolute atomic E-state index is 0.180. The summed E-state index contributed by atoms with van der Waals surface area (Å²) < 4.78 is 38.5. The summed E-state index contributed by atoms with van der Waals surface area (Å²) in [5, 5.41) is 5.03. The van der Waals surface area contributed by atoms with Crippen LogP contribution in [0.2, 0.25) is 0 Å². The van der Waals surface area contributed by atoms with Crippen molar-refractivity contribution in [2.24, 2.45) is 0 Å². The molecule has 148 valence electrons. The second-order valence-corrected chi connectivity index (χ2v) is 7.26. The lowest BCUT2D eigenvalue weighted by atomic mass is 10.1. The summed E-state index contributed by atoms with van der Waals surface area (Å²) >= 11 is 1.24. The number of hydrogen-bond acceptors (Lipinski definition) is 5. The number of hydrogen-bond donors (Lipinski definition) is 1. The van der Waals surface area contributed by atoms with Crippen molar-refractivity contribution in [2.45, 2.75) is 12.6 Å². The molecule has 29 heavy (non-hydrogen) atoms. The molecule has 0 unspecified atom stereocenters. The fourth-order valence-corrected chi connectivity index (χ4v) is 3.81. The Labute approximate surface area is 167 Å². The fourth-order valence-electron chi connectivity index (χ4n) is 3.04. The Bertz CT molecular complexity index is 1060. The van der Waals surface area contributed by atoms with Crippen LogP contribution in [0.15, 0.2) is 53.9 Å². The van der Waals surface area contributed by atoms with Gasteiger partial charge in [-0.15, -0.1) is 11.3 Å². The van der Waals surface area contributed by atoms with E-state index >= 15 is 0 Å². The van der Waals surface area contributed by atoms with Crippen LogP contribution in [-0.2, 0) is 12.6 Å². The van der Waals surface area contributed by atoms with E-state index in [1.807, 2.05) is 0 Å². The molecule has 0 spiro atoms. The van der Waals surface area contributed by atoms with Gasteiger partial charge in [0.15, 0.2) is 5.13 Å². The molecule has 0 bridgehead atoms. The number of rotatable bonds is 5. The van der Waals surface area contributed by atoms with Crippen LogP contribution in [0, 0.1) is 0 Å². The van der Waals surface area contributed by atoms with Crippen LogP contribution in [0.25, 0.3) is 0 Å². The summed E-state index contributed by atoms with van der Waals surface area (Å²) in [7, 11) is 0. The number of amides is 2. The number of alkyl halides is 3. The molecule has 1 aliphatic heterocycles. The molecule has 0 fully saturated rings. The monoisotopic (exact) mass is 417 g/mol. The molecule has 0 aliphatic carbocycles. The third-order valence-electron chi connectivity index (χ3n) is 4.46. The molecule has 0 atom stereocenters. The number of thiazole rings is 1. The van der Waals surface area contributed by atoms with Crippen molar-refractivity contribution in [3.05, 3.63) is 76.3 Å². The molecule has 3 aromatic rings. The normalized spacial score (nSPS) is 13.7. The molecule has 2 aromatic carbocycles. The number of halogens is 3. The van der Waals surface area contributed by atoms with Crippen molar-refractivity contribution in [1.82, 2.24) is 9.88 Å². The summed E-state index contributed by atoms with van der Waals surface area (Å²) in [6, 6.07) is 11.5. The molecule has 0 radical (unpaired) electrons. The minimum Gasteiger partial charge on any atom is -0.332 e. The first-order valence-corrected chi connectivity index (χ1v) is 9.55. The van der Waals surface area contributed by atoms with E-state index in [-0.39, 0.29) is 24.0 Å². The van der Waals surface area contributed by atoms with Crippen LogP contribution in [0.1, 0.15) is 32.0 Å². The van der Waals surface area contributed by atoms with E-state index in [9.17, 15) is 22.8 Å². The maximum atomic E-state index is 12.8. The largest absolute Gasteiger partial charge is 0.416 e. The summed E-state index contributed by atoms with van der Waals surface area (Å²) in [6.45, 7) is 0.180. The van der Waals surface area contributed by atoms with E-state index in [4.69, 9.17) is 0 Å². The van der Waals surface area contributed by atoms with Gasteiger partial charge in [0.25, 0.3) is 11.8 Å². The lowest BCUT2D eigenvalue weighted by Gasteiger charge is -2.12. The number of nitrogens with zero attached hydrogens (tertiary/aromatic N) is 2. The first-order chi connectivity index (χ1) is 13.8. The summed E-state index contributed by atoms with van der Waals surface area (Å²) in [6.07, 6.45) is -4.07. The standard InChI is InChI=1S/C20H14F3N3O2S/c21-20(22,23)12-4-3-5-13(10-12)24-19-25-14(11-29-19)8-9-26-17(27)15-6-1-2-7-16(15)18(26)28/h1-7,10-11H,8-9H2,(H,24,25). The Morgan fingerprint density at radius 3 is 2.34 bits per heavy atom. The highest BCUT2D eigenvalue weighted by Crippen LogP contribution is 2.32. The van der Waals surface area contributed by atoms with Crippen molar-refractivity contribution in [3.63, 3.8) is 0 Å². The average Bonchev–Trinajstić information content (AvgIpc) is 3.23. The van der Waals surface area contributed by atoms with Crippen molar-refractivity contribution >= 4 is 34.0 Å². The van der Waals surface area contributed by atoms with Crippen LogP contribution >= 0.6 is 11.3 Å². The van der Waals surface area contributed by atoms with Gasteiger partial charge in [-0.1, -0.05) is 18.2 Å². The number of imide groups is 1. The van der Waals surface area contributed by atoms with Crippen molar-refractivity contribution in [2.75, 3.05) is 11.9 Å². The summed E-state index contributed by atoms with van der Waals surface area (Å²) in [4.78, 5) is 30.3. The van der Waals surface area contributed by atoms with Gasteiger partial charge in [-0.05, 0) is 30.3 Å². The Hall–Kier alpha value is -3.20. The van der Waals surface area contributed by atoms with Gasteiger partial charge in [0.2, 0.25) is 0 Å². The van der Waals surface area contributed by atoms with Crippen LogP contribution in [0.4, 0.5) is 24.0 Å². The molecular formula is C20H14F3N3O2S. The Kier molecular flexibility index (Phi) is 4.83. The maximum Gasteiger partial charge on any atom is 0.416 e. The molecule has 0 saturated carbocycles. The Morgan fingerprint density at radius 2 is 1.69 bits per heavy atom. The number of benzene rings is 2. The number of carbonyl (C=O) groups is 2. The number of aromatic nitrogens is 1. The quantitative estimate of drug-likeness (QED) is 0.609. The Balaban J connectivity index is 1.41. The summed E-state index contributed by atoms with van der Waals surface area (Å²) in [5.74, 6) is -0.661. The highest BCUT2D eigenvalue weighted by Gasteiger charge is 2.34. The second kappa shape index (κ2) is 7.32. The third kappa shape index (κ3) is 3.86. The van der Waals surface area contributed by atoms with Crippen molar-refractivity contribution < 1.29 is 22.8 Å². The van der Waals surface area contributed by atoms with Gasteiger partial charge in [-0.3, -0.25) is 14.5 Å². The van der Waals surface area contributed by atoms with Gasteiger partial charge in [0, 0.05) is 24.0 Å². The Morgan fingerprint density at radius 1 is 1.00 bits per heavy atom. The van der Waals surface area contributed by atoms with E-state index in [1.54, 1.807) is 29.6 Å². The van der Waals surface area contributed by atoms with Crippen LogP contribution in [0.3, 0.4) is 0 Å². The number of carbonyl (C=O) groups excluding carboxylic acids is 2. The predicted octanol–water partition coefficient (Wildman–Crippen LogP) is 4.74. The van der Waals surface area contributed by atoms with Gasteiger partial charge in [-0.2, -0.15) is 13.2 Å². The van der Waals surface area contributed by atoms with E-state index < -0.39 is 11.7 Å². The molecule has 4 rings (SSSR count). The lowest BCUT2D eigenvalue weighted by molar-refractivity contribution is -0.137.